The van der Waals surface area contributed by atoms with Gasteiger partial charge in [-0.1, -0.05) is 18.2 Å². The number of hydrogen-bond donors (Lipinski definition) is 0. The molecule has 78 valence electrons. The van der Waals surface area contributed by atoms with Crippen molar-refractivity contribution in [1.29, 1.82) is 0 Å². The smallest absolute Gasteiger partial charge is 0.164 e. The van der Waals surface area contributed by atoms with E-state index in [1.165, 1.54) is 6.26 Å². The molecule has 3 nitrogen and oxygen atoms in total. The summed E-state index contributed by atoms with van der Waals surface area (Å²) in [5.41, 5.74) is 1.12. The van der Waals surface area contributed by atoms with Crippen LogP contribution < -0.4 is 0 Å². The van der Waals surface area contributed by atoms with E-state index in [0.717, 1.165) is 30.5 Å². The van der Waals surface area contributed by atoms with Crippen LogP contribution in [0.3, 0.4) is 0 Å². The van der Waals surface area contributed by atoms with E-state index in [1.54, 1.807) is 6.26 Å². The molecule has 0 aromatic carbocycles. The molecule has 0 atom stereocenters. The van der Waals surface area contributed by atoms with Crippen molar-refractivity contribution in [2.45, 2.75) is 19.3 Å². The van der Waals surface area contributed by atoms with Gasteiger partial charge in [0.15, 0.2) is 5.76 Å². The number of ether oxygens (including phenoxy) is 2. The van der Waals surface area contributed by atoms with Gasteiger partial charge in [-0.25, -0.2) is 0 Å². The third-order valence-corrected chi connectivity index (χ3v) is 2.25. The molecule has 0 radical (unpaired) electrons. The maximum Gasteiger partial charge on any atom is 0.164 e. The number of allylic oxidation sites excluding steroid dienone is 5. The van der Waals surface area contributed by atoms with Crippen molar-refractivity contribution in [2.75, 3.05) is 0 Å². The highest BCUT2D eigenvalue weighted by atomic mass is 16.5. The largest absolute Gasteiger partial charge is 0.462 e. The Morgan fingerprint density at radius 3 is 2.87 bits per heavy atom. The monoisotopic (exact) mass is 204 g/mol. The van der Waals surface area contributed by atoms with E-state index in [0.29, 0.717) is 5.76 Å². The molecule has 0 N–H and O–H groups in total. The van der Waals surface area contributed by atoms with Gasteiger partial charge in [-0.05, 0) is 18.4 Å². The summed E-state index contributed by atoms with van der Waals surface area (Å²) in [5.74, 6) is 1.27. The Bertz CT molecular complexity index is 372. The molecular formula is C12H12O3. The second kappa shape index (κ2) is 4.64. The Labute approximate surface area is 88.4 Å². The highest BCUT2D eigenvalue weighted by Gasteiger charge is 2.12. The molecule has 0 saturated heterocycles. The SMILES string of the molecule is O=CCC1=COC(C2=CC=CCC2)=CO1. The van der Waals surface area contributed by atoms with Crippen molar-refractivity contribution >= 4 is 6.29 Å². The predicted octanol–water partition coefficient (Wildman–Crippen LogP) is 2.58. The molecule has 1 heterocycles. The van der Waals surface area contributed by atoms with E-state index in [-0.39, 0.29) is 6.42 Å². The minimum atomic E-state index is 0.253. The Hall–Kier alpha value is -1.77. The maximum atomic E-state index is 10.2. The third-order valence-electron chi connectivity index (χ3n) is 2.25. The van der Waals surface area contributed by atoms with Gasteiger partial charge in [0.05, 0.1) is 6.42 Å². The lowest BCUT2D eigenvalue weighted by Crippen LogP contribution is -2.02. The Balaban J connectivity index is 2.00. The molecule has 1 aliphatic carbocycles. The predicted molar refractivity (Wildman–Crippen MR) is 55.5 cm³/mol. The third kappa shape index (κ3) is 2.37. The summed E-state index contributed by atoms with van der Waals surface area (Å²) in [6, 6.07) is 0. The molecule has 0 aromatic rings. The van der Waals surface area contributed by atoms with Crippen LogP contribution in [-0.4, -0.2) is 6.29 Å². The van der Waals surface area contributed by atoms with Crippen molar-refractivity contribution in [3.05, 3.63) is 47.8 Å². The fourth-order valence-corrected chi connectivity index (χ4v) is 1.45. The van der Waals surface area contributed by atoms with Gasteiger partial charge in [0.1, 0.15) is 24.6 Å². The van der Waals surface area contributed by atoms with Crippen molar-refractivity contribution in [1.82, 2.24) is 0 Å². The number of hydrogen-bond acceptors (Lipinski definition) is 3. The van der Waals surface area contributed by atoms with E-state index in [1.807, 2.05) is 12.2 Å². The van der Waals surface area contributed by atoms with Crippen molar-refractivity contribution in [3.8, 4) is 0 Å². The standard InChI is InChI=1S/C12H12O3/c13-7-6-11-8-15-12(9-14-11)10-4-2-1-3-5-10/h1-2,4,7-9H,3,5-6H2. The summed E-state index contributed by atoms with van der Waals surface area (Å²) >= 11 is 0. The molecule has 0 saturated carbocycles. The summed E-state index contributed by atoms with van der Waals surface area (Å²) in [7, 11) is 0. The second-order valence-corrected chi connectivity index (χ2v) is 3.33. The minimum absolute atomic E-state index is 0.253. The van der Waals surface area contributed by atoms with E-state index < -0.39 is 0 Å². The topological polar surface area (TPSA) is 35.5 Å². The van der Waals surface area contributed by atoms with Crippen LogP contribution in [0.5, 0.6) is 0 Å². The van der Waals surface area contributed by atoms with Gasteiger partial charge in [-0.15, -0.1) is 0 Å². The lowest BCUT2D eigenvalue weighted by Gasteiger charge is -2.17. The first-order valence-electron chi connectivity index (χ1n) is 4.92. The van der Waals surface area contributed by atoms with Crippen molar-refractivity contribution in [3.63, 3.8) is 0 Å². The Morgan fingerprint density at radius 1 is 1.33 bits per heavy atom. The van der Waals surface area contributed by atoms with Crippen LogP contribution in [0.4, 0.5) is 0 Å². The van der Waals surface area contributed by atoms with Crippen LogP contribution in [0.25, 0.3) is 0 Å². The molecule has 0 bridgehead atoms. The summed E-state index contributed by atoms with van der Waals surface area (Å²) < 4.78 is 10.7. The zero-order valence-corrected chi connectivity index (χ0v) is 8.31. The van der Waals surface area contributed by atoms with Crippen LogP contribution in [0.1, 0.15) is 19.3 Å². The molecule has 0 spiro atoms. The fraction of sp³-hybridized carbons (Fsp3) is 0.250. The van der Waals surface area contributed by atoms with Gasteiger partial charge in [-0.2, -0.15) is 0 Å². The summed E-state index contributed by atoms with van der Waals surface area (Å²) in [5, 5.41) is 0. The first-order valence-corrected chi connectivity index (χ1v) is 4.92. The lowest BCUT2D eigenvalue weighted by atomic mass is 10.0. The van der Waals surface area contributed by atoms with Crippen molar-refractivity contribution < 1.29 is 14.3 Å². The summed E-state index contributed by atoms with van der Waals surface area (Å²) in [4.78, 5) is 10.2. The molecule has 2 aliphatic rings. The van der Waals surface area contributed by atoms with Crippen molar-refractivity contribution in [2.24, 2.45) is 0 Å². The van der Waals surface area contributed by atoms with Gasteiger partial charge in [0.25, 0.3) is 0 Å². The molecular weight excluding hydrogens is 192 g/mol. The first kappa shape index (κ1) is 9.77. The zero-order chi connectivity index (χ0) is 10.5. The molecule has 0 unspecified atom stereocenters. The van der Waals surface area contributed by atoms with Crippen LogP contribution >= 0.6 is 0 Å². The lowest BCUT2D eigenvalue weighted by molar-refractivity contribution is -0.107. The minimum Gasteiger partial charge on any atom is -0.462 e. The van der Waals surface area contributed by atoms with Crippen LogP contribution in [0.15, 0.2) is 47.8 Å². The second-order valence-electron chi connectivity index (χ2n) is 3.33. The van der Waals surface area contributed by atoms with E-state index in [2.05, 4.69) is 6.08 Å². The van der Waals surface area contributed by atoms with Gasteiger partial charge in [0.2, 0.25) is 0 Å². The van der Waals surface area contributed by atoms with Gasteiger partial charge in [-0.3, -0.25) is 0 Å². The molecule has 0 aromatic heterocycles. The Morgan fingerprint density at radius 2 is 2.27 bits per heavy atom. The fourth-order valence-electron chi connectivity index (χ4n) is 1.45. The molecule has 0 fully saturated rings. The van der Waals surface area contributed by atoms with Crippen LogP contribution in [0, 0.1) is 0 Å². The average molecular weight is 204 g/mol. The van der Waals surface area contributed by atoms with E-state index >= 15 is 0 Å². The molecule has 2 rings (SSSR count). The average Bonchev–Trinajstić information content (AvgIpc) is 2.32. The van der Waals surface area contributed by atoms with Gasteiger partial charge < -0.3 is 14.3 Å². The van der Waals surface area contributed by atoms with Crippen LogP contribution in [-0.2, 0) is 14.3 Å². The number of carbonyl (C=O) groups excluding carboxylic acids is 1. The molecule has 3 heteroatoms. The number of carbonyl (C=O) groups is 1. The van der Waals surface area contributed by atoms with Gasteiger partial charge in [0, 0.05) is 0 Å². The Kier molecular flexibility index (Phi) is 3.02. The molecule has 15 heavy (non-hydrogen) atoms. The highest BCUT2D eigenvalue weighted by molar-refractivity contribution is 5.53. The number of aldehydes is 1. The first-order chi connectivity index (χ1) is 7.40. The summed E-state index contributed by atoms with van der Waals surface area (Å²) in [6.07, 6.45) is 12.2. The zero-order valence-electron chi connectivity index (χ0n) is 8.31. The molecule has 0 amide bonds. The van der Waals surface area contributed by atoms with E-state index in [9.17, 15) is 4.79 Å². The molecule has 1 aliphatic heterocycles. The summed E-state index contributed by atoms with van der Waals surface area (Å²) in [6.45, 7) is 0. The van der Waals surface area contributed by atoms with Crippen LogP contribution in [0.2, 0.25) is 0 Å². The quantitative estimate of drug-likeness (QED) is 0.663. The maximum absolute atomic E-state index is 10.2. The normalized spacial score (nSPS) is 19.3. The highest BCUT2D eigenvalue weighted by Crippen LogP contribution is 2.25. The number of rotatable bonds is 3. The van der Waals surface area contributed by atoms with E-state index in [4.69, 9.17) is 9.47 Å². The van der Waals surface area contributed by atoms with Gasteiger partial charge >= 0.3 is 0 Å².